The molecule has 1 N–H and O–H groups in total. The minimum Gasteiger partial charge on any atom is -0.494 e. The zero-order valence-electron chi connectivity index (χ0n) is 19.1. The van der Waals surface area contributed by atoms with Crippen LogP contribution in [0, 0.1) is 13.8 Å². The first kappa shape index (κ1) is 21.8. The third-order valence-corrected chi connectivity index (χ3v) is 5.68. The molecule has 1 amide bonds. The van der Waals surface area contributed by atoms with Gasteiger partial charge >= 0.3 is 0 Å². The lowest BCUT2D eigenvalue weighted by Crippen LogP contribution is -2.54. The number of nitrogens with zero attached hydrogens (tertiary/aromatic N) is 1. The fraction of sp³-hybridized carbons (Fsp3) is 0.346. The number of hydrogen-bond donors (Lipinski definition) is 1. The smallest absolute Gasteiger partial charge is 0.255 e. The molecule has 2 aromatic carbocycles. The Morgan fingerprint density at radius 2 is 1.75 bits per heavy atom. The number of carbonyl (C=O) groups excluding carboxylic acids is 1. The quantitative estimate of drug-likeness (QED) is 0.537. The lowest BCUT2D eigenvalue weighted by molar-refractivity contribution is 0.0938. The molecule has 6 heteroatoms. The first-order chi connectivity index (χ1) is 15.4. The van der Waals surface area contributed by atoms with Crippen LogP contribution in [0.25, 0.3) is 0 Å². The van der Waals surface area contributed by atoms with E-state index in [2.05, 4.69) is 34.5 Å². The zero-order valence-corrected chi connectivity index (χ0v) is 19.1. The maximum absolute atomic E-state index is 12.5. The van der Waals surface area contributed by atoms with Gasteiger partial charge in [-0.3, -0.25) is 4.79 Å². The highest BCUT2D eigenvalue weighted by atomic mass is 16.5. The van der Waals surface area contributed by atoms with E-state index in [-0.39, 0.29) is 18.1 Å². The van der Waals surface area contributed by atoms with Gasteiger partial charge in [0.1, 0.15) is 29.1 Å². The maximum Gasteiger partial charge on any atom is 0.255 e. The molecule has 1 saturated heterocycles. The number of hydrogen-bond acceptors (Lipinski definition) is 5. The second kappa shape index (κ2) is 9.39. The summed E-state index contributed by atoms with van der Waals surface area (Å²) in [6, 6.07) is 17.8. The van der Waals surface area contributed by atoms with Gasteiger partial charge in [0.25, 0.3) is 5.91 Å². The highest BCUT2D eigenvalue weighted by Gasteiger charge is 2.28. The molecule has 168 valence electrons. The average molecular weight is 435 g/mol. The molecule has 32 heavy (non-hydrogen) atoms. The number of amides is 1. The summed E-state index contributed by atoms with van der Waals surface area (Å²) >= 11 is 0. The molecular weight excluding hydrogens is 404 g/mol. The number of ether oxygens (including phenoxy) is 2. The highest BCUT2D eigenvalue weighted by Crippen LogP contribution is 2.27. The Morgan fingerprint density at radius 3 is 2.34 bits per heavy atom. The van der Waals surface area contributed by atoms with E-state index >= 15 is 0 Å². The van der Waals surface area contributed by atoms with Gasteiger partial charge in [0.05, 0.1) is 31.3 Å². The van der Waals surface area contributed by atoms with Crippen LogP contribution in [-0.2, 0) is 0 Å². The Kier molecular flexibility index (Phi) is 6.40. The van der Waals surface area contributed by atoms with Crippen LogP contribution >= 0.6 is 0 Å². The molecule has 4 rings (SSSR count). The minimum atomic E-state index is -0.118. The maximum atomic E-state index is 12.5. The number of aryl methyl sites for hydroxylation is 2. The van der Waals surface area contributed by atoms with Crippen LogP contribution in [0.4, 0.5) is 5.69 Å². The molecule has 0 saturated carbocycles. The molecule has 1 aromatic heterocycles. The van der Waals surface area contributed by atoms with Crippen LogP contribution in [0.2, 0.25) is 0 Å². The van der Waals surface area contributed by atoms with E-state index in [9.17, 15) is 4.79 Å². The first-order valence-corrected chi connectivity index (χ1v) is 11.0. The van der Waals surface area contributed by atoms with Crippen LogP contribution < -0.4 is 19.7 Å². The van der Waals surface area contributed by atoms with Gasteiger partial charge in [-0.2, -0.15) is 0 Å². The van der Waals surface area contributed by atoms with Crippen LogP contribution in [0.1, 0.15) is 47.3 Å². The van der Waals surface area contributed by atoms with Gasteiger partial charge in [-0.15, -0.1) is 0 Å². The summed E-state index contributed by atoms with van der Waals surface area (Å²) in [5, 5.41) is 3.05. The molecular formula is C26H30N2O4. The van der Waals surface area contributed by atoms with Crippen LogP contribution in [0.3, 0.4) is 0 Å². The van der Waals surface area contributed by atoms with E-state index in [4.69, 9.17) is 13.9 Å². The van der Waals surface area contributed by atoms with Crippen molar-refractivity contribution in [3.8, 4) is 11.5 Å². The standard InChI is InChI=1S/C26H30N2O4/c1-5-30-22-10-12-23(13-11-22)32-24-15-28(16-24)21-8-6-20(7-9-21)18(3)27-26(29)25-14-17(2)31-19(25)4/h6-14,18,24H,5,15-16H2,1-4H3,(H,27,29)/t18-/m0/s1. The van der Waals surface area contributed by atoms with Crippen LogP contribution in [-0.4, -0.2) is 31.7 Å². The molecule has 1 aliphatic rings. The Balaban J connectivity index is 1.27. The van der Waals surface area contributed by atoms with Crippen molar-refractivity contribution < 1.29 is 18.7 Å². The van der Waals surface area contributed by atoms with Crippen LogP contribution in [0.5, 0.6) is 11.5 Å². The fourth-order valence-electron chi connectivity index (χ4n) is 3.88. The number of anilines is 1. The Morgan fingerprint density at radius 1 is 1.09 bits per heavy atom. The van der Waals surface area contributed by atoms with Gasteiger partial charge < -0.3 is 24.1 Å². The summed E-state index contributed by atoms with van der Waals surface area (Å²) in [5.41, 5.74) is 2.80. The number of nitrogens with one attached hydrogen (secondary N) is 1. The molecule has 0 spiro atoms. The molecule has 3 aromatic rings. The molecule has 0 bridgehead atoms. The van der Waals surface area contributed by atoms with E-state index in [0.29, 0.717) is 17.9 Å². The van der Waals surface area contributed by atoms with Gasteiger partial charge in [-0.05, 0) is 75.7 Å². The molecule has 0 aliphatic carbocycles. The van der Waals surface area contributed by atoms with Crippen LogP contribution in [0.15, 0.2) is 59.0 Å². The van der Waals surface area contributed by atoms with E-state index in [1.54, 1.807) is 13.0 Å². The third kappa shape index (κ3) is 4.90. The Hall–Kier alpha value is -3.41. The van der Waals surface area contributed by atoms with Crippen molar-refractivity contribution >= 4 is 11.6 Å². The SMILES string of the molecule is CCOc1ccc(OC2CN(c3ccc([C@H](C)NC(=O)c4cc(C)oc4C)cc3)C2)cc1. The van der Waals surface area contributed by atoms with Crippen molar-refractivity contribution in [3.63, 3.8) is 0 Å². The Labute approximate surface area is 189 Å². The van der Waals surface area contributed by atoms with E-state index < -0.39 is 0 Å². The fourth-order valence-corrected chi connectivity index (χ4v) is 3.88. The summed E-state index contributed by atoms with van der Waals surface area (Å²) in [5.74, 6) is 2.98. The summed E-state index contributed by atoms with van der Waals surface area (Å²) < 4.78 is 17.0. The summed E-state index contributed by atoms with van der Waals surface area (Å²) in [6.07, 6.45) is 0.174. The molecule has 1 aliphatic heterocycles. The van der Waals surface area contributed by atoms with Crippen molar-refractivity contribution in [2.75, 3.05) is 24.6 Å². The molecule has 1 fully saturated rings. The van der Waals surface area contributed by atoms with Crippen molar-refractivity contribution in [3.05, 3.63) is 77.2 Å². The van der Waals surface area contributed by atoms with E-state index in [1.165, 1.54) is 0 Å². The van der Waals surface area contributed by atoms with E-state index in [1.807, 2.05) is 45.0 Å². The van der Waals surface area contributed by atoms with Crippen molar-refractivity contribution in [1.82, 2.24) is 5.32 Å². The summed E-state index contributed by atoms with van der Waals surface area (Å²) in [6.45, 7) is 9.96. The second-order valence-corrected chi connectivity index (χ2v) is 8.16. The predicted molar refractivity (Wildman–Crippen MR) is 125 cm³/mol. The number of carbonyl (C=O) groups is 1. The highest BCUT2D eigenvalue weighted by molar-refractivity contribution is 5.95. The average Bonchev–Trinajstić information content (AvgIpc) is 3.10. The van der Waals surface area contributed by atoms with Gasteiger partial charge in [0.2, 0.25) is 0 Å². The zero-order chi connectivity index (χ0) is 22.7. The van der Waals surface area contributed by atoms with Gasteiger partial charge in [0, 0.05) is 5.69 Å². The Bertz CT molecular complexity index is 1050. The summed E-state index contributed by atoms with van der Waals surface area (Å²) in [7, 11) is 0. The largest absolute Gasteiger partial charge is 0.494 e. The molecule has 6 nitrogen and oxygen atoms in total. The molecule has 2 heterocycles. The molecule has 1 atom stereocenters. The number of furan rings is 1. The van der Waals surface area contributed by atoms with Crippen molar-refractivity contribution in [2.24, 2.45) is 0 Å². The van der Waals surface area contributed by atoms with Crippen molar-refractivity contribution in [2.45, 2.75) is 39.8 Å². The van der Waals surface area contributed by atoms with Gasteiger partial charge in [-0.25, -0.2) is 0 Å². The van der Waals surface area contributed by atoms with Gasteiger partial charge in [0.15, 0.2) is 0 Å². The predicted octanol–water partition coefficient (Wildman–Crippen LogP) is 5.05. The topological polar surface area (TPSA) is 63.9 Å². The minimum absolute atomic E-state index is 0.0988. The number of rotatable bonds is 8. The molecule has 0 unspecified atom stereocenters. The second-order valence-electron chi connectivity index (χ2n) is 8.16. The lowest BCUT2D eigenvalue weighted by Gasteiger charge is -2.40. The van der Waals surface area contributed by atoms with Gasteiger partial charge in [-0.1, -0.05) is 12.1 Å². The summed E-state index contributed by atoms with van der Waals surface area (Å²) in [4.78, 5) is 14.8. The monoisotopic (exact) mass is 434 g/mol. The normalized spacial score (nSPS) is 14.6. The number of benzene rings is 2. The van der Waals surface area contributed by atoms with E-state index in [0.717, 1.165) is 41.6 Å². The molecule has 0 radical (unpaired) electrons. The first-order valence-electron chi connectivity index (χ1n) is 11.0. The third-order valence-electron chi connectivity index (χ3n) is 5.68. The lowest BCUT2D eigenvalue weighted by atomic mass is 10.0. The van der Waals surface area contributed by atoms with Crippen molar-refractivity contribution in [1.29, 1.82) is 0 Å².